The number of fused-ring (bicyclic) bond motifs is 4. The van der Waals surface area contributed by atoms with E-state index in [1.807, 2.05) is 12.1 Å². The summed E-state index contributed by atoms with van der Waals surface area (Å²) >= 11 is 0. The topological polar surface area (TPSA) is 127 Å². The van der Waals surface area contributed by atoms with Gasteiger partial charge in [-0.2, -0.15) is 9.97 Å². The summed E-state index contributed by atoms with van der Waals surface area (Å²) in [5, 5.41) is 3.45. The second-order valence-electron chi connectivity index (χ2n) is 7.46. The van der Waals surface area contributed by atoms with Crippen LogP contribution in [0.4, 0.5) is 17.6 Å². The molecule has 2 heterocycles. The number of hydrogen-bond donors (Lipinski definition) is 3. The summed E-state index contributed by atoms with van der Waals surface area (Å²) in [6, 6.07) is 3.79. The van der Waals surface area contributed by atoms with Crippen LogP contribution in [-0.2, 0) is 11.3 Å². The molecule has 0 unspecified atom stereocenters. The maximum Gasteiger partial charge on any atom is 0.223 e. The Labute approximate surface area is 169 Å². The third-order valence-electron chi connectivity index (χ3n) is 5.70. The van der Waals surface area contributed by atoms with Crippen LogP contribution in [-0.4, -0.2) is 37.0 Å². The summed E-state index contributed by atoms with van der Waals surface area (Å²) in [7, 11) is 4.78. The molecule has 2 atom stereocenters. The van der Waals surface area contributed by atoms with Crippen LogP contribution in [0.1, 0.15) is 42.7 Å². The van der Waals surface area contributed by atoms with Gasteiger partial charge < -0.3 is 35.7 Å². The molecule has 1 saturated carbocycles. The van der Waals surface area contributed by atoms with E-state index < -0.39 is 5.72 Å². The van der Waals surface area contributed by atoms with Gasteiger partial charge in [0.1, 0.15) is 17.4 Å². The second-order valence-corrected chi connectivity index (χ2v) is 7.46. The first-order valence-corrected chi connectivity index (χ1v) is 9.62. The molecule has 2 aromatic rings. The lowest BCUT2D eigenvalue weighted by Gasteiger charge is -2.46. The molecule has 1 aromatic carbocycles. The van der Waals surface area contributed by atoms with Gasteiger partial charge in [0.2, 0.25) is 11.7 Å². The average molecular weight is 401 g/mol. The van der Waals surface area contributed by atoms with Crippen LogP contribution in [0.15, 0.2) is 12.1 Å². The average Bonchev–Trinajstić information content (AvgIpc) is 2.70. The van der Waals surface area contributed by atoms with Crippen molar-refractivity contribution in [3.63, 3.8) is 0 Å². The monoisotopic (exact) mass is 401 g/mol. The predicted octanol–water partition coefficient (Wildman–Crippen LogP) is 2.66. The lowest BCUT2D eigenvalue weighted by Crippen LogP contribution is -2.48. The number of nitrogen functional groups attached to an aromatic ring is 2. The Morgan fingerprint density at radius 2 is 1.83 bits per heavy atom. The molecule has 0 saturated heterocycles. The van der Waals surface area contributed by atoms with Crippen molar-refractivity contribution in [1.82, 2.24) is 9.97 Å². The lowest BCUT2D eigenvalue weighted by atomic mass is 9.76. The highest BCUT2D eigenvalue weighted by molar-refractivity contribution is 5.63. The van der Waals surface area contributed by atoms with Crippen LogP contribution in [0.25, 0.3) is 0 Å². The van der Waals surface area contributed by atoms with Gasteiger partial charge in [0.15, 0.2) is 11.5 Å². The maximum atomic E-state index is 6.43. The number of nitrogens with two attached hydrogens (primary N) is 2. The first-order valence-electron chi connectivity index (χ1n) is 9.62. The molecule has 1 aliphatic heterocycles. The fraction of sp³-hybridized carbons (Fsp3) is 0.500. The number of ether oxygens (including phenoxy) is 4. The van der Waals surface area contributed by atoms with E-state index in [0.29, 0.717) is 35.5 Å². The minimum absolute atomic E-state index is 0.161. The molecule has 2 aliphatic rings. The van der Waals surface area contributed by atoms with Gasteiger partial charge in [-0.15, -0.1) is 0 Å². The molecule has 2 bridgehead atoms. The van der Waals surface area contributed by atoms with Gasteiger partial charge >= 0.3 is 0 Å². The molecule has 0 radical (unpaired) electrons. The molecule has 1 aliphatic carbocycles. The van der Waals surface area contributed by atoms with Gasteiger partial charge in [-0.05, 0) is 42.9 Å². The van der Waals surface area contributed by atoms with Crippen molar-refractivity contribution >= 4 is 17.6 Å². The van der Waals surface area contributed by atoms with Crippen LogP contribution in [0.3, 0.4) is 0 Å². The lowest BCUT2D eigenvalue weighted by molar-refractivity contribution is -0.0680. The fourth-order valence-electron chi connectivity index (χ4n) is 4.42. The summed E-state index contributed by atoms with van der Waals surface area (Å²) in [4.78, 5) is 8.50. The largest absolute Gasteiger partial charge is 0.493 e. The molecule has 1 fully saturated rings. The summed E-state index contributed by atoms with van der Waals surface area (Å²) < 4.78 is 22.7. The van der Waals surface area contributed by atoms with E-state index in [4.69, 9.17) is 30.4 Å². The Hall–Kier alpha value is -2.94. The number of hydrogen-bond acceptors (Lipinski definition) is 9. The van der Waals surface area contributed by atoms with E-state index in [1.165, 1.54) is 0 Å². The Bertz CT molecular complexity index is 897. The van der Waals surface area contributed by atoms with Crippen molar-refractivity contribution in [1.29, 1.82) is 0 Å². The molecule has 1 aromatic heterocycles. The van der Waals surface area contributed by atoms with Gasteiger partial charge in [0.25, 0.3) is 0 Å². The number of nitrogens with one attached hydrogen (secondary N) is 1. The minimum Gasteiger partial charge on any atom is -0.493 e. The third-order valence-corrected chi connectivity index (χ3v) is 5.70. The van der Waals surface area contributed by atoms with E-state index in [9.17, 15) is 0 Å². The van der Waals surface area contributed by atoms with Gasteiger partial charge in [-0.3, -0.25) is 0 Å². The molecule has 5 N–H and O–H groups in total. The zero-order valence-electron chi connectivity index (χ0n) is 16.9. The molecular formula is C20H27N5O4. The van der Waals surface area contributed by atoms with Crippen molar-refractivity contribution in [2.75, 3.05) is 38.1 Å². The smallest absolute Gasteiger partial charge is 0.223 e. The van der Waals surface area contributed by atoms with Gasteiger partial charge in [-0.1, -0.05) is 0 Å². The van der Waals surface area contributed by atoms with E-state index in [1.54, 1.807) is 21.3 Å². The normalized spacial score (nSPS) is 22.4. The third kappa shape index (κ3) is 3.46. The number of aromatic nitrogens is 2. The van der Waals surface area contributed by atoms with Gasteiger partial charge in [0, 0.05) is 12.0 Å². The van der Waals surface area contributed by atoms with Crippen LogP contribution in [0, 0.1) is 0 Å². The van der Waals surface area contributed by atoms with Gasteiger partial charge in [-0.25, -0.2) is 0 Å². The number of rotatable bonds is 6. The number of nitrogens with zero attached hydrogens (tertiary/aromatic N) is 2. The summed E-state index contributed by atoms with van der Waals surface area (Å²) in [6.45, 7) is 0.377. The van der Waals surface area contributed by atoms with Crippen molar-refractivity contribution in [3.05, 3.63) is 23.3 Å². The Morgan fingerprint density at radius 1 is 1.10 bits per heavy atom. The molecule has 156 valence electrons. The number of methoxy groups -OCH3 is 3. The van der Waals surface area contributed by atoms with E-state index >= 15 is 0 Å². The van der Waals surface area contributed by atoms with Crippen LogP contribution in [0.2, 0.25) is 0 Å². The fourth-order valence-corrected chi connectivity index (χ4v) is 4.42. The SMILES string of the molecule is COc1cc(CO[C@]23CCC[C@H](C2)c2c(N)nc(N)nc2N3)cc(OC)c1OC. The highest BCUT2D eigenvalue weighted by Gasteiger charge is 2.44. The zero-order chi connectivity index (χ0) is 20.6. The van der Waals surface area contributed by atoms with E-state index in [0.717, 1.165) is 36.8 Å². The highest BCUT2D eigenvalue weighted by Crippen LogP contribution is 2.49. The minimum atomic E-state index is -0.524. The summed E-state index contributed by atoms with van der Waals surface area (Å²) in [6.07, 6.45) is 3.73. The quantitative estimate of drug-likeness (QED) is 0.669. The van der Waals surface area contributed by atoms with Gasteiger partial charge in [0.05, 0.1) is 27.9 Å². The standard InChI is InChI=1S/C20H27N5O4/c1-26-13-7-11(8-14(27-2)16(13)28-3)10-29-20-6-4-5-12(9-20)15-17(21)23-19(22)24-18(15)25-20/h7-8,12H,4-6,9-10H2,1-3H3,(H5,21,22,23,24,25)/t12-,20-/m1/s1. The molecule has 0 spiro atoms. The molecule has 0 amide bonds. The van der Waals surface area contributed by atoms with E-state index in [-0.39, 0.29) is 11.9 Å². The first kappa shape index (κ1) is 19.4. The predicted molar refractivity (Wildman–Crippen MR) is 109 cm³/mol. The summed E-state index contributed by atoms with van der Waals surface area (Å²) in [5.41, 5.74) is 13.3. The number of anilines is 3. The Morgan fingerprint density at radius 3 is 2.48 bits per heavy atom. The Kier molecular flexibility index (Phi) is 4.99. The van der Waals surface area contributed by atoms with E-state index in [2.05, 4.69) is 15.3 Å². The first-order chi connectivity index (χ1) is 14.0. The molecular weight excluding hydrogens is 374 g/mol. The maximum absolute atomic E-state index is 6.43. The summed E-state index contributed by atoms with van der Waals surface area (Å²) in [5.74, 6) is 3.29. The van der Waals surface area contributed by atoms with Crippen molar-refractivity contribution < 1.29 is 18.9 Å². The Balaban J connectivity index is 1.60. The van der Waals surface area contributed by atoms with Crippen LogP contribution < -0.4 is 31.0 Å². The molecule has 29 heavy (non-hydrogen) atoms. The highest BCUT2D eigenvalue weighted by atomic mass is 16.5. The zero-order valence-corrected chi connectivity index (χ0v) is 16.9. The molecule has 9 nitrogen and oxygen atoms in total. The molecule has 9 heteroatoms. The number of benzene rings is 1. The van der Waals surface area contributed by atoms with Crippen LogP contribution in [0.5, 0.6) is 17.2 Å². The van der Waals surface area contributed by atoms with Crippen molar-refractivity contribution in [2.45, 2.75) is 43.9 Å². The van der Waals surface area contributed by atoms with Crippen molar-refractivity contribution in [3.8, 4) is 17.2 Å². The van der Waals surface area contributed by atoms with Crippen molar-refractivity contribution in [2.24, 2.45) is 0 Å². The van der Waals surface area contributed by atoms with Crippen LogP contribution >= 0.6 is 0 Å². The second kappa shape index (κ2) is 7.47. The molecule has 4 rings (SSSR count).